The third kappa shape index (κ3) is 6.29. The average Bonchev–Trinajstić information content (AvgIpc) is 2.42. The molecule has 0 bridgehead atoms. The molecular formula is C16H27N3O3S. The predicted molar refractivity (Wildman–Crippen MR) is 92.6 cm³/mol. The first-order valence-electron chi connectivity index (χ1n) is 7.54. The van der Waals surface area contributed by atoms with Gasteiger partial charge >= 0.3 is 0 Å². The zero-order valence-electron chi connectivity index (χ0n) is 14.5. The van der Waals surface area contributed by atoms with Crippen molar-refractivity contribution in [3.05, 3.63) is 24.3 Å². The summed E-state index contributed by atoms with van der Waals surface area (Å²) in [5, 5.41) is 7.78. The van der Waals surface area contributed by atoms with Crippen molar-refractivity contribution in [1.82, 2.24) is 4.90 Å². The SMILES string of the molecule is CC(N(C)CCC(=O)Nc1ccc(S(N)(=O)=O)cc1)C(C)(C)C. The molecule has 1 aromatic carbocycles. The minimum atomic E-state index is -3.71. The maximum atomic E-state index is 12.0. The van der Waals surface area contributed by atoms with Crippen molar-refractivity contribution in [2.24, 2.45) is 10.6 Å². The first kappa shape index (κ1) is 19.6. The van der Waals surface area contributed by atoms with Crippen molar-refractivity contribution in [1.29, 1.82) is 0 Å². The summed E-state index contributed by atoms with van der Waals surface area (Å²) in [6.45, 7) is 9.30. The van der Waals surface area contributed by atoms with Gasteiger partial charge in [-0.2, -0.15) is 0 Å². The molecule has 0 saturated carbocycles. The van der Waals surface area contributed by atoms with Crippen LogP contribution in [0, 0.1) is 5.41 Å². The highest BCUT2D eigenvalue weighted by Crippen LogP contribution is 2.23. The summed E-state index contributed by atoms with van der Waals surface area (Å²) >= 11 is 0. The van der Waals surface area contributed by atoms with Gasteiger partial charge in [0.2, 0.25) is 15.9 Å². The molecule has 0 aliphatic heterocycles. The van der Waals surface area contributed by atoms with Crippen molar-refractivity contribution < 1.29 is 13.2 Å². The molecule has 1 unspecified atom stereocenters. The number of benzene rings is 1. The molecule has 6 nitrogen and oxygen atoms in total. The number of nitrogens with one attached hydrogen (secondary N) is 1. The van der Waals surface area contributed by atoms with E-state index in [-0.39, 0.29) is 16.2 Å². The molecule has 0 fully saturated rings. The molecule has 0 heterocycles. The van der Waals surface area contributed by atoms with E-state index < -0.39 is 10.0 Å². The second-order valence-electron chi connectivity index (χ2n) is 6.89. The van der Waals surface area contributed by atoms with Crippen molar-refractivity contribution in [2.45, 2.75) is 45.1 Å². The second kappa shape index (κ2) is 7.42. The Kier molecular flexibility index (Phi) is 6.33. The fourth-order valence-corrected chi connectivity index (χ4v) is 2.60. The Balaban J connectivity index is 2.54. The van der Waals surface area contributed by atoms with Gasteiger partial charge in [-0.3, -0.25) is 4.79 Å². The second-order valence-corrected chi connectivity index (χ2v) is 8.45. The zero-order valence-corrected chi connectivity index (χ0v) is 15.3. The molecule has 1 rings (SSSR count). The molecule has 23 heavy (non-hydrogen) atoms. The molecule has 0 aliphatic carbocycles. The van der Waals surface area contributed by atoms with E-state index in [1.807, 2.05) is 7.05 Å². The van der Waals surface area contributed by atoms with Crippen molar-refractivity contribution in [3.8, 4) is 0 Å². The minimum absolute atomic E-state index is 0.0224. The summed E-state index contributed by atoms with van der Waals surface area (Å²) in [5.41, 5.74) is 0.698. The van der Waals surface area contributed by atoms with Gasteiger partial charge in [0.05, 0.1) is 4.90 Å². The van der Waals surface area contributed by atoms with Crippen LogP contribution < -0.4 is 10.5 Å². The van der Waals surface area contributed by atoms with E-state index in [0.29, 0.717) is 24.7 Å². The van der Waals surface area contributed by atoms with E-state index in [4.69, 9.17) is 5.14 Å². The van der Waals surface area contributed by atoms with Crippen LogP contribution in [0.25, 0.3) is 0 Å². The zero-order chi connectivity index (χ0) is 17.8. The first-order chi connectivity index (χ1) is 10.4. The molecule has 0 aliphatic rings. The molecule has 1 aromatic rings. The number of carbonyl (C=O) groups excluding carboxylic acids is 1. The predicted octanol–water partition coefficient (Wildman–Crippen LogP) is 2.03. The lowest BCUT2D eigenvalue weighted by Gasteiger charge is -2.35. The smallest absolute Gasteiger partial charge is 0.238 e. The average molecular weight is 341 g/mol. The maximum absolute atomic E-state index is 12.0. The fourth-order valence-electron chi connectivity index (χ4n) is 2.08. The number of hydrogen-bond acceptors (Lipinski definition) is 4. The Labute approximate surface area is 139 Å². The van der Waals surface area contributed by atoms with E-state index in [2.05, 4.69) is 37.9 Å². The monoisotopic (exact) mass is 341 g/mol. The molecule has 0 aromatic heterocycles. The molecule has 1 atom stereocenters. The highest BCUT2D eigenvalue weighted by atomic mass is 32.2. The van der Waals surface area contributed by atoms with Crippen molar-refractivity contribution in [3.63, 3.8) is 0 Å². The summed E-state index contributed by atoms with van der Waals surface area (Å²) in [7, 11) is -1.71. The Morgan fingerprint density at radius 1 is 1.26 bits per heavy atom. The normalized spacial score (nSPS) is 13.9. The molecule has 3 N–H and O–H groups in total. The topological polar surface area (TPSA) is 92.5 Å². The van der Waals surface area contributed by atoms with Crippen molar-refractivity contribution in [2.75, 3.05) is 18.9 Å². The Bertz CT molecular complexity index is 634. The van der Waals surface area contributed by atoms with Crippen LogP contribution in [-0.4, -0.2) is 38.9 Å². The lowest BCUT2D eigenvalue weighted by molar-refractivity contribution is -0.116. The number of hydrogen-bond donors (Lipinski definition) is 2. The quantitative estimate of drug-likeness (QED) is 0.828. The van der Waals surface area contributed by atoms with Crippen LogP contribution in [-0.2, 0) is 14.8 Å². The van der Waals surface area contributed by atoms with Gasteiger partial charge in [-0.25, -0.2) is 13.6 Å². The van der Waals surface area contributed by atoms with Crippen LogP contribution in [0.5, 0.6) is 0 Å². The molecule has 130 valence electrons. The van der Waals surface area contributed by atoms with Crippen LogP contribution in [0.1, 0.15) is 34.1 Å². The maximum Gasteiger partial charge on any atom is 0.238 e. The lowest BCUT2D eigenvalue weighted by Crippen LogP contribution is -2.40. The van der Waals surface area contributed by atoms with Gasteiger partial charge < -0.3 is 10.2 Å². The van der Waals surface area contributed by atoms with Gasteiger partial charge in [0.1, 0.15) is 0 Å². The van der Waals surface area contributed by atoms with Crippen LogP contribution >= 0.6 is 0 Å². The van der Waals surface area contributed by atoms with Crippen LogP contribution in [0.4, 0.5) is 5.69 Å². The summed E-state index contributed by atoms with van der Waals surface area (Å²) in [5.74, 6) is -0.110. The van der Waals surface area contributed by atoms with Gasteiger partial charge in [0.25, 0.3) is 0 Å². The number of primary sulfonamides is 1. The van der Waals surface area contributed by atoms with E-state index in [1.165, 1.54) is 24.3 Å². The number of carbonyl (C=O) groups is 1. The summed E-state index contributed by atoms with van der Waals surface area (Å²) < 4.78 is 22.3. The van der Waals surface area contributed by atoms with Gasteiger partial charge in [0, 0.05) is 24.7 Å². The van der Waals surface area contributed by atoms with E-state index in [0.717, 1.165) is 0 Å². The number of sulfonamides is 1. The molecular weight excluding hydrogens is 314 g/mol. The van der Waals surface area contributed by atoms with E-state index >= 15 is 0 Å². The lowest BCUT2D eigenvalue weighted by atomic mass is 9.87. The number of nitrogens with two attached hydrogens (primary N) is 1. The van der Waals surface area contributed by atoms with E-state index in [1.54, 1.807) is 0 Å². The standard InChI is InChI=1S/C16H27N3O3S/c1-12(16(2,3)4)19(5)11-10-15(20)18-13-6-8-14(9-7-13)23(17,21)22/h6-9,12H,10-11H2,1-5H3,(H,18,20)(H2,17,21,22). The Morgan fingerprint density at radius 2 is 1.78 bits per heavy atom. The summed E-state index contributed by atoms with van der Waals surface area (Å²) in [6.07, 6.45) is 0.369. The largest absolute Gasteiger partial charge is 0.326 e. The number of nitrogens with zero attached hydrogens (tertiary/aromatic N) is 1. The number of anilines is 1. The summed E-state index contributed by atoms with van der Waals surface area (Å²) in [6, 6.07) is 6.15. The van der Waals surface area contributed by atoms with Gasteiger partial charge in [-0.15, -0.1) is 0 Å². The van der Waals surface area contributed by atoms with Gasteiger partial charge in [0.15, 0.2) is 0 Å². The third-order valence-corrected chi connectivity index (χ3v) is 5.00. The number of rotatable bonds is 6. The highest BCUT2D eigenvalue weighted by molar-refractivity contribution is 7.89. The minimum Gasteiger partial charge on any atom is -0.326 e. The highest BCUT2D eigenvalue weighted by Gasteiger charge is 2.23. The van der Waals surface area contributed by atoms with Crippen molar-refractivity contribution >= 4 is 21.6 Å². The first-order valence-corrected chi connectivity index (χ1v) is 9.09. The molecule has 0 radical (unpaired) electrons. The fraction of sp³-hybridized carbons (Fsp3) is 0.562. The molecule has 1 amide bonds. The van der Waals surface area contributed by atoms with Gasteiger partial charge in [-0.1, -0.05) is 20.8 Å². The van der Waals surface area contributed by atoms with Gasteiger partial charge in [-0.05, 0) is 43.7 Å². The van der Waals surface area contributed by atoms with E-state index in [9.17, 15) is 13.2 Å². The molecule has 0 spiro atoms. The van der Waals surface area contributed by atoms with Crippen LogP contribution in [0.3, 0.4) is 0 Å². The summed E-state index contributed by atoms with van der Waals surface area (Å²) in [4.78, 5) is 14.2. The molecule has 7 heteroatoms. The Morgan fingerprint density at radius 3 is 2.22 bits per heavy atom. The Hall–Kier alpha value is -1.44. The van der Waals surface area contributed by atoms with Crippen LogP contribution in [0.15, 0.2) is 29.2 Å². The third-order valence-electron chi connectivity index (χ3n) is 4.07. The van der Waals surface area contributed by atoms with Crippen LogP contribution in [0.2, 0.25) is 0 Å². The molecule has 0 saturated heterocycles. The number of amides is 1.